The maximum atomic E-state index is 12.9. The standard InChI is InChI=1S/C19H16F6N2O3/c20-18(21,22)12-8-13(19(23,24)25)10-15(9-12)30-11-17(29)27(7-6-16(26)28)14-4-2-1-3-5-14/h1-5,8-10H,6-7,11H2,(H2,26,28). The second-order valence-electron chi connectivity index (χ2n) is 6.13. The number of hydrogen-bond donors (Lipinski definition) is 1. The van der Waals surface area contributed by atoms with Gasteiger partial charge in [0.05, 0.1) is 11.1 Å². The van der Waals surface area contributed by atoms with Gasteiger partial charge in [-0.1, -0.05) is 18.2 Å². The Bertz CT molecular complexity index is 865. The maximum Gasteiger partial charge on any atom is 0.416 e. The van der Waals surface area contributed by atoms with E-state index in [4.69, 9.17) is 10.5 Å². The SMILES string of the molecule is NC(=O)CCN(C(=O)COc1cc(C(F)(F)F)cc(C(F)(F)F)c1)c1ccccc1. The van der Waals surface area contributed by atoms with Crippen molar-refractivity contribution in [3.05, 3.63) is 59.7 Å². The Balaban J connectivity index is 2.24. The summed E-state index contributed by atoms with van der Waals surface area (Å²) < 4.78 is 82.5. The molecule has 2 amide bonds. The molecule has 162 valence electrons. The van der Waals surface area contributed by atoms with Crippen molar-refractivity contribution in [2.24, 2.45) is 5.73 Å². The average molecular weight is 434 g/mol. The van der Waals surface area contributed by atoms with Crippen LogP contribution >= 0.6 is 0 Å². The number of ether oxygens (including phenoxy) is 1. The molecule has 11 heteroatoms. The highest BCUT2D eigenvalue weighted by Crippen LogP contribution is 2.38. The number of carbonyl (C=O) groups is 2. The number of para-hydroxylation sites is 1. The van der Waals surface area contributed by atoms with Gasteiger partial charge in [-0.3, -0.25) is 9.59 Å². The largest absolute Gasteiger partial charge is 0.484 e. The van der Waals surface area contributed by atoms with Crippen molar-refractivity contribution in [3.8, 4) is 5.75 Å². The summed E-state index contributed by atoms with van der Waals surface area (Å²) in [6.45, 7) is -0.996. The molecule has 2 rings (SSSR count). The Morgan fingerprint density at radius 1 is 0.900 bits per heavy atom. The number of anilines is 1. The summed E-state index contributed by atoms with van der Waals surface area (Å²) in [6, 6.07) is 8.63. The Morgan fingerprint density at radius 3 is 1.90 bits per heavy atom. The van der Waals surface area contributed by atoms with Gasteiger partial charge in [0.25, 0.3) is 5.91 Å². The zero-order chi connectivity index (χ0) is 22.5. The number of rotatable bonds is 7. The zero-order valence-corrected chi connectivity index (χ0v) is 15.3. The fourth-order valence-electron chi connectivity index (χ4n) is 2.46. The molecule has 0 atom stereocenters. The summed E-state index contributed by atoms with van der Waals surface area (Å²) in [5.74, 6) is -2.25. The third-order valence-corrected chi connectivity index (χ3v) is 3.87. The van der Waals surface area contributed by atoms with Gasteiger partial charge in [-0.2, -0.15) is 26.3 Å². The monoisotopic (exact) mass is 434 g/mol. The third kappa shape index (κ3) is 6.39. The highest BCUT2D eigenvalue weighted by molar-refractivity contribution is 5.95. The van der Waals surface area contributed by atoms with Gasteiger partial charge < -0.3 is 15.4 Å². The highest BCUT2D eigenvalue weighted by Gasteiger charge is 2.37. The Kier molecular flexibility index (Phi) is 6.96. The van der Waals surface area contributed by atoms with Crippen LogP contribution in [0.1, 0.15) is 17.5 Å². The predicted molar refractivity (Wildman–Crippen MR) is 94.5 cm³/mol. The Hall–Kier alpha value is -3.24. The lowest BCUT2D eigenvalue weighted by molar-refractivity contribution is -0.143. The molecule has 0 bridgehead atoms. The zero-order valence-electron chi connectivity index (χ0n) is 15.3. The maximum absolute atomic E-state index is 12.9. The van der Waals surface area contributed by atoms with E-state index in [2.05, 4.69) is 0 Å². The molecule has 5 nitrogen and oxygen atoms in total. The number of carbonyl (C=O) groups excluding carboxylic acids is 2. The summed E-state index contributed by atoms with van der Waals surface area (Å²) in [5, 5.41) is 0. The summed E-state index contributed by atoms with van der Waals surface area (Å²) >= 11 is 0. The molecular weight excluding hydrogens is 418 g/mol. The smallest absolute Gasteiger partial charge is 0.416 e. The van der Waals surface area contributed by atoms with E-state index in [1.54, 1.807) is 18.2 Å². The number of benzene rings is 2. The van der Waals surface area contributed by atoms with Crippen LogP contribution in [0.15, 0.2) is 48.5 Å². The van der Waals surface area contributed by atoms with Crippen LogP contribution in [0.5, 0.6) is 5.75 Å². The normalized spacial score (nSPS) is 11.8. The summed E-state index contributed by atoms with van der Waals surface area (Å²) in [5.41, 5.74) is 2.31. The first kappa shape index (κ1) is 23.0. The van der Waals surface area contributed by atoms with E-state index >= 15 is 0 Å². The van der Waals surface area contributed by atoms with Gasteiger partial charge in [0.15, 0.2) is 6.61 Å². The van der Waals surface area contributed by atoms with Crippen molar-refractivity contribution in [2.75, 3.05) is 18.1 Å². The summed E-state index contributed by atoms with van der Waals surface area (Å²) in [4.78, 5) is 24.6. The molecule has 0 aliphatic heterocycles. The third-order valence-electron chi connectivity index (χ3n) is 3.87. The van der Waals surface area contributed by atoms with Crippen molar-refractivity contribution in [2.45, 2.75) is 18.8 Å². The first-order valence-electron chi connectivity index (χ1n) is 8.44. The van der Waals surface area contributed by atoms with Gasteiger partial charge in [0.1, 0.15) is 5.75 Å². The van der Waals surface area contributed by atoms with Gasteiger partial charge in [-0.15, -0.1) is 0 Å². The van der Waals surface area contributed by atoms with E-state index in [1.807, 2.05) is 0 Å². The molecular formula is C19H16F6N2O3. The first-order chi connectivity index (χ1) is 13.9. The van der Waals surface area contributed by atoms with Crippen LogP contribution in [0.25, 0.3) is 0 Å². The molecule has 0 unspecified atom stereocenters. The minimum absolute atomic E-state index is 0.0438. The number of nitrogens with two attached hydrogens (primary N) is 1. The van der Waals surface area contributed by atoms with E-state index < -0.39 is 47.7 Å². The second kappa shape index (κ2) is 9.06. The molecule has 2 aromatic rings. The number of alkyl halides is 6. The van der Waals surface area contributed by atoms with Crippen molar-refractivity contribution in [3.63, 3.8) is 0 Å². The lowest BCUT2D eigenvalue weighted by Crippen LogP contribution is -2.37. The van der Waals surface area contributed by atoms with Gasteiger partial charge in [0, 0.05) is 18.7 Å². The molecule has 0 aromatic heterocycles. The molecule has 30 heavy (non-hydrogen) atoms. The average Bonchev–Trinajstić information content (AvgIpc) is 2.65. The fourth-order valence-corrected chi connectivity index (χ4v) is 2.46. The molecule has 0 fully saturated rings. The second-order valence-corrected chi connectivity index (χ2v) is 6.13. The van der Waals surface area contributed by atoms with Gasteiger partial charge >= 0.3 is 12.4 Å². The lowest BCUT2D eigenvalue weighted by atomic mass is 10.1. The van der Waals surface area contributed by atoms with Crippen LogP contribution in [-0.2, 0) is 21.9 Å². The van der Waals surface area contributed by atoms with Crippen LogP contribution in [-0.4, -0.2) is 25.0 Å². The molecule has 0 aliphatic carbocycles. The van der Waals surface area contributed by atoms with Crippen molar-refractivity contribution in [1.82, 2.24) is 0 Å². The van der Waals surface area contributed by atoms with Gasteiger partial charge in [-0.25, -0.2) is 0 Å². The Labute approximate surface area is 167 Å². The van der Waals surface area contributed by atoms with E-state index in [9.17, 15) is 35.9 Å². The number of amides is 2. The molecule has 2 aromatic carbocycles. The molecule has 2 N–H and O–H groups in total. The van der Waals surface area contributed by atoms with E-state index in [-0.39, 0.29) is 19.0 Å². The summed E-state index contributed by atoms with van der Waals surface area (Å²) in [6.07, 6.45) is -10.3. The van der Waals surface area contributed by atoms with E-state index in [0.29, 0.717) is 17.8 Å². The van der Waals surface area contributed by atoms with E-state index in [0.717, 1.165) is 4.90 Å². The highest BCUT2D eigenvalue weighted by atomic mass is 19.4. The predicted octanol–water partition coefficient (Wildman–Crippen LogP) is 4.01. The van der Waals surface area contributed by atoms with Crippen LogP contribution in [0, 0.1) is 0 Å². The number of halogens is 6. The molecule has 0 heterocycles. The number of primary amides is 1. The molecule has 0 saturated carbocycles. The number of nitrogens with zero attached hydrogens (tertiary/aromatic N) is 1. The van der Waals surface area contributed by atoms with Crippen LogP contribution < -0.4 is 15.4 Å². The molecule has 0 saturated heterocycles. The topological polar surface area (TPSA) is 72.6 Å². The van der Waals surface area contributed by atoms with E-state index in [1.165, 1.54) is 12.1 Å². The minimum Gasteiger partial charge on any atom is -0.484 e. The molecule has 0 aliphatic rings. The van der Waals surface area contributed by atoms with Crippen molar-refractivity contribution >= 4 is 17.5 Å². The molecule has 0 radical (unpaired) electrons. The first-order valence-corrected chi connectivity index (χ1v) is 8.44. The molecule has 0 spiro atoms. The van der Waals surface area contributed by atoms with Gasteiger partial charge in [-0.05, 0) is 30.3 Å². The number of hydrogen-bond acceptors (Lipinski definition) is 3. The Morgan fingerprint density at radius 2 is 1.43 bits per heavy atom. The minimum atomic E-state index is -5.04. The lowest BCUT2D eigenvalue weighted by Gasteiger charge is -2.22. The van der Waals surface area contributed by atoms with Crippen LogP contribution in [0.3, 0.4) is 0 Å². The van der Waals surface area contributed by atoms with Crippen LogP contribution in [0.2, 0.25) is 0 Å². The van der Waals surface area contributed by atoms with Crippen molar-refractivity contribution in [1.29, 1.82) is 0 Å². The fraction of sp³-hybridized carbons (Fsp3) is 0.263. The quantitative estimate of drug-likeness (QED) is 0.670. The summed E-state index contributed by atoms with van der Waals surface area (Å²) in [7, 11) is 0. The van der Waals surface area contributed by atoms with Gasteiger partial charge in [0.2, 0.25) is 5.91 Å². The van der Waals surface area contributed by atoms with Crippen LogP contribution in [0.4, 0.5) is 32.0 Å². The van der Waals surface area contributed by atoms with Crippen molar-refractivity contribution < 1.29 is 40.7 Å².